The molecule has 0 aliphatic rings. The fourth-order valence-electron chi connectivity index (χ4n) is 2.54. The van der Waals surface area contributed by atoms with Crippen LogP contribution < -0.4 is 0 Å². The van der Waals surface area contributed by atoms with Crippen molar-refractivity contribution in [3.8, 4) is 0 Å². The molecule has 0 fully saturated rings. The lowest BCUT2D eigenvalue weighted by molar-refractivity contribution is 1.15. The topological polar surface area (TPSA) is 0 Å². The number of benzene rings is 2. The van der Waals surface area contributed by atoms with Gasteiger partial charge in [-0.05, 0) is 41.8 Å². The summed E-state index contributed by atoms with van der Waals surface area (Å²) in [7, 11) is 0. The van der Waals surface area contributed by atoms with Gasteiger partial charge in [-0.15, -0.1) is 22.9 Å². The number of hydrogen-bond acceptors (Lipinski definition) is 1. The Balaban J connectivity index is 2.16. The van der Waals surface area contributed by atoms with E-state index in [0.29, 0.717) is 0 Å². The van der Waals surface area contributed by atoms with Crippen molar-refractivity contribution in [3.05, 3.63) is 69.4 Å². The Kier molecular flexibility index (Phi) is 3.34. The molecule has 2 aromatic carbocycles. The Hall–Kier alpha value is -1.31. The first-order valence-corrected chi connectivity index (χ1v) is 7.61. The first-order valence-electron chi connectivity index (χ1n) is 6.35. The molecule has 3 rings (SSSR count). The lowest BCUT2D eigenvalue weighted by atomic mass is 9.98. The third kappa shape index (κ3) is 2.29. The second kappa shape index (κ2) is 4.99. The van der Waals surface area contributed by atoms with Gasteiger partial charge in [0.1, 0.15) is 0 Å². The smallest absolute Gasteiger partial charge is 0.0852 e. The Bertz CT molecular complexity index is 722. The second-order valence-electron chi connectivity index (χ2n) is 4.80. The number of thiophene rings is 1. The van der Waals surface area contributed by atoms with Crippen molar-refractivity contribution in [2.24, 2.45) is 0 Å². The summed E-state index contributed by atoms with van der Waals surface area (Å²) in [6.45, 7) is 4.28. The number of hydrogen-bond donors (Lipinski definition) is 0. The average molecular weight is 287 g/mol. The summed E-state index contributed by atoms with van der Waals surface area (Å²) in [5.41, 5.74) is 2.43. The van der Waals surface area contributed by atoms with Crippen molar-refractivity contribution in [3.63, 3.8) is 0 Å². The maximum Gasteiger partial charge on any atom is 0.0852 e. The Morgan fingerprint density at radius 1 is 0.947 bits per heavy atom. The van der Waals surface area contributed by atoms with Gasteiger partial charge in [0, 0.05) is 9.75 Å². The summed E-state index contributed by atoms with van der Waals surface area (Å²) in [6.07, 6.45) is 0. The number of rotatable bonds is 2. The zero-order chi connectivity index (χ0) is 13.4. The van der Waals surface area contributed by atoms with Crippen LogP contribution >= 0.6 is 22.9 Å². The van der Waals surface area contributed by atoms with E-state index in [0.717, 1.165) is 0 Å². The van der Waals surface area contributed by atoms with Gasteiger partial charge in [0.05, 0.1) is 5.38 Å². The maximum absolute atomic E-state index is 6.74. The minimum atomic E-state index is -0.0731. The van der Waals surface area contributed by atoms with Crippen molar-refractivity contribution < 1.29 is 0 Å². The zero-order valence-electron chi connectivity index (χ0n) is 11.0. The van der Waals surface area contributed by atoms with Gasteiger partial charge >= 0.3 is 0 Å². The van der Waals surface area contributed by atoms with E-state index in [1.807, 2.05) is 11.3 Å². The summed E-state index contributed by atoms with van der Waals surface area (Å²) in [6, 6.07) is 17.0. The largest absolute Gasteiger partial charge is 0.146 e. The molecular weight excluding hydrogens is 272 g/mol. The molecule has 1 atom stereocenters. The molecule has 19 heavy (non-hydrogen) atoms. The van der Waals surface area contributed by atoms with E-state index in [1.165, 1.54) is 31.7 Å². The molecule has 1 aromatic heterocycles. The zero-order valence-corrected chi connectivity index (χ0v) is 12.6. The Morgan fingerprint density at radius 2 is 1.68 bits per heavy atom. The normalized spacial score (nSPS) is 12.8. The van der Waals surface area contributed by atoms with Gasteiger partial charge in [-0.25, -0.2) is 0 Å². The summed E-state index contributed by atoms with van der Waals surface area (Å²) in [5, 5.41) is 2.42. The highest BCUT2D eigenvalue weighted by molar-refractivity contribution is 7.12. The molecule has 0 aliphatic heterocycles. The highest BCUT2D eigenvalue weighted by Gasteiger charge is 2.17. The Labute approximate surface area is 122 Å². The molecule has 0 nitrogen and oxygen atoms in total. The van der Waals surface area contributed by atoms with Crippen molar-refractivity contribution in [1.82, 2.24) is 0 Å². The number of alkyl halides is 1. The molecule has 3 aromatic rings. The molecule has 0 aliphatic carbocycles. The van der Waals surface area contributed by atoms with Crippen molar-refractivity contribution in [2.45, 2.75) is 19.2 Å². The minimum Gasteiger partial charge on any atom is -0.146 e. The monoisotopic (exact) mass is 286 g/mol. The molecule has 1 heterocycles. The van der Waals surface area contributed by atoms with Crippen molar-refractivity contribution in [1.29, 1.82) is 0 Å². The van der Waals surface area contributed by atoms with E-state index in [1.54, 1.807) is 0 Å². The van der Waals surface area contributed by atoms with Gasteiger partial charge < -0.3 is 0 Å². The predicted molar refractivity (Wildman–Crippen MR) is 85.4 cm³/mol. The molecule has 0 spiro atoms. The summed E-state index contributed by atoms with van der Waals surface area (Å²) in [5.74, 6) is 0. The molecule has 1 unspecified atom stereocenters. The second-order valence-corrected chi connectivity index (χ2v) is 6.70. The SMILES string of the molecule is Cc1cc(C(Cl)c2cccc3ccccc23)c(C)s1. The van der Waals surface area contributed by atoms with Crippen molar-refractivity contribution >= 4 is 33.7 Å². The standard InChI is InChI=1S/C17H15ClS/c1-11-10-16(12(2)19-11)17(18)15-9-5-7-13-6-3-4-8-14(13)15/h3-10,17H,1-2H3. The molecule has 96 valence electrons. The first kappa shape index (κ1) is 12.7. The predicted octanol–water partition coefficient (Wildman–Crippen LogP) is 5.85. The van der Waals surface area contributed by atoms with Crippen LogP contribution in [0.15, 0.2) is 48.5 Å². The summed E-state index contributed by atoms with van der Waals surface area (Å²) >= 11 is 8.55. The molecule has 0 radical (unpaired) electrons. The third-order valence-corrected chi connectivity index (χ3v) is 4.90. The van der Waals surface area contributed by atoms with Crippen LogP contribution in [0.2, 0.25) is 0 Å². The summed E-state index contributed by atoms with van der Waals surface area (Å²) in [4.78, 5) is 2.63. The molecular formula is C17H15ClS. The lowest BCUT2D eigenvalue weighted by Gasteiger charge is -2.13. The molecule has 0 bridgehead atoms. The van der Waals surface area contributed by atoms with Crippen LogP contribution in [0, 0.1) is 13.8 Å². The van der Waals surface area contributed by atoms with Crippen LogP contribution in [0.5, 0.6) is 0 Å². The average Bonchev–Trinajstić information content (AvgIpc) is 2.76. The molecule has 0 N–H and O–H groups in total. The molecule has 2 heteroatoms. The van der Waals surface area contributed by atoms with Gasteiger partial charge in [-0.1, -0.05) is 42.5 Å². The van der Waals surface area contributed by atoms with Crippen molar-refractivity contribution in [2.75, 3.05) is 0 Å². The molecule has 0 saturated heterocycles. The van der Waals surface area contributed by atoms with Crippen LogP contribution in [0.4, 0.5) is 0 Å². The summed E-state index contributed by atoms with van der Waals surface area (Å²) < 4.78 is 0. The fraction of sp³-hybridized carbons (Fsp3) is 0.176. The van der Waals surface area contributed by atoms with Gasteiger partial charge in [-0.3, -0.25) is 0 Å². The lowest BCUT2D eigenvalue weighted by Crippen LogP contribution is -1.94. The van der Waals surface area contributed by atoms with Gasteiger partial charge in [0.15, 0.2) is 0 Å². The van der Waals surface area contributed by atoms with E-state index in [-0.39, 0.29) is 5.38 Å². The maximum atomic E-state index is 6.74. The van der Waals surface area contributed by atoms with E-state index < -0.39 is 0 Å². The third-order valence-electron chi connectivity index (χ3n) is 3.45. The molecule has 0 amide bonds. The fourth-order valence-corrected chi connectivity index (χ4v) is 3.99. The highest BCUT2D eigenvalue weighted by atomic mass is 35.5. The number of fused-ring (bicyclic) bond motifs is 1. The first-order chi connectivity index (χ1) is 9.16. The van der Waals surface area contributed by atoms with E-state index in [2.05, 4.69) is 62.4 Å². The van der Waals surface area contributed by atoms with Gasteiger partial charge in [0.25, 0.3) is 0 Å². The van der Waals surface area contributed by atoms with Crippen LogP contribution in [0.1, 0.15) is 26.3 Å². The van der Waals surface area contributed by atoms with E-state index in [9.17, 15) is 0 Å². The minimum absolute atomic E-state index is 0.0731. The Morgan fingerprint density at radius 3 is 2.42 bits per heavy atom. The van der Waals surface area contributed by atoms with Crippen LogP contribution in [0.3, 0.4) is 0 Å². The van der Waals surface area contributed by atoms with Crippen LogP contribution in [-0.4, -0.2) is 0 Å². The van der Waals surface area contributed by atoms with Crippen LogP contribution in [-0.2, 0) is 0 Å². The van der Waals surface area contributed by atoms with E-state index in [4.69, 9.17) is 11.6 Å². The van der Waals surface area contributed by atoms with Gasteiger partial charge in [-0.2, -0.15) is 0 Å². The quantitative estimate of drug-likeness (QED) is 0.519. The van der Waals surface area contributed by atoms with E-state index >= 15 is 0 Å². The highest BCUT2D eigenvalue weighted by Crippen LogP contribution is 2.38. The molecule has 0 saturated carbocycles. The number of aryl methyl sites for hydroxylation is 2. The number of halogens is 1. The van der Waals surface area contributed by atoms with Crippen LogP contribution in [0.25, 0.3) is 10.8 Å². The van der Waals surface area contributed by atoms with Gasteiger partial charge in [0.2, 0.25) is 0 Å².